The summed E-state index contributed by atoms with van der Waals surface area (Å²) in [6.07, 6.45) is 4.22. The highest BCUT2D eigenvalue weighted by atomic mass is 32.2. The van der Waals surface area contributed by atoms with Crippen LogP contribution in [0, 0.1) is 0 Å². The molecular weight excluding hydrogens is 282 g/mol. The van der Waals surface area contributed by atoms with Gasteiger partial charge in [0.2, 0.25) is 11.2 Å². The number of nitrogens with one attached hydrogen (secondary N) is 1. The minimum atomic E-state index is -1.50. The lowest BCUT2D eigenvalue weighted by atomic mass is 10.1. The summed E-state index contributed by atoms with van der Waals surface area (Å²) in [6.45, 7) is 0.646. The van der Waals surface area contributed by atoms with Crippen LogP contribution in [0.25, 0.3) is 0 Å². The SMILES string of the molecule is CSCCCCOc1cccc2c1C(N)=NS(=O)N2. The molecule has 1 aliphatic heterocycles. The van der Waals surface area contributed by atoms with E-state index < -0.39 is 11.2 Å². The Morgan fingerprint density at radius 3 is 3.11 bits per heavy atom. The van der Waals surface area contributed by atoms with E-state index in [1.807, 2.05) is 30.0 Å². The lowest BCUT2D eigenvalue weighted by Crippen LogP contribution is -2.24. The standard InChI is InChI=1S/C12H17N3O2S2/c1-18-8-3-2-7-17-10-6-4-5-9-11(10)12(13)15-19(16)14-9/h4-6,14H,2-3,7-8H2,1H3,(H2,13,15). The first-order valence-corrected chi connectivity index (χ1v) is 8.50. The van der Waals surface area contributed by atoms with Crippen LogP contribution < -0.4 is 15.2 Å². The lowest BCUT2D eigenvalue weighted by Gasteiger charge is -2.18. The van der Waals surface area contributed by atoms with Crippen molar-refractivity contribution in [3.05, 3.63) is 23.8 Å². The molecule has 0 fully saturated rings. The highest BCUT2D eigenvalue weighted by Gasteiger charge is 2.19. The molecule has 0 saturated heterocycles. The highest BCUT2D eigenvalue weighted by Crippen LogP contribution is 2.29. The summed E-state index contributed by atoms with van der Waals surface area (Å²) in [5, 5.41) is 0. The van der Waals surface area contributed by atoms with Gasteiger partial charge in [0.25, 0.3) is 0 Å². The second-order valence-electron chi connectivity index (χ2n) is 4.05. The fraction of sp³-hybridized carbons (Fsp3) is 0.417. The molecule has 0 saturated carbocycles. The van der Waals surface area contributed by atoms with Crippen LogP contribution in [0.15, 0.2) is 22.6 Å². The summed E-state index contributed by atoms with van der Waals surface area (Å²) in [7, 11) is 0. The minimum absolute atomic E-state index is 0.256. The Hall–Kier alpha value is -1.21. The molecule has 1 aliphatic rings. The molecular formula is C12H17N3O2S2. The van der Waals surface area contributed by atoms with Crippen LogP contribution in [0.1, 0.15) is 18.4 Å². The third-order valence-electron chi connectivity index (χ3n) is 2.66. The van der Waals surface area contributed by atoms with Crippen molar-refractivity contribution in [1.29, 1.82) is 0 Å². The van der Waals surface area contributed by atoms with E-state index >= 15 is 0 Å². The van der Waals surface area contributed by atoms with Gasteiger partial charge in [0.1, 0.15) is 11.6 Å². The van der Waals surface area contributed by atoms with E-state index in [1.54, 1.807) is 0 Å². The van der Waals surface area contributed by atoms with Crippen LogP contribution in [0.2, 0.25) is 0 Å². The predicted octanol–water partition coefficient (Wildman–Crippen LogP) is 1.92. The van der Waals surface area contributed by atoms with E-state index in [4.69, 9.17) is 10.5 Å². The zero-order valence-corrected chi connectivity index (χ0v) is 12.4. The van der Waals surface area contributed by atoms with Gasteiger partial charge in [0.05, 0.1) is 17.9 Å². The summed E-state index contributed by atoms with van der Waals surface area (Å²) in [5.74, 6) is 2.08. The number of rotatable bonds is 6. The number of unbranched alkanes of at least 4 members (excludes halogenated alkanes) is 1. The average molecular weight is 299 g/mol. The fourth-order valence-electron chi connectivity index (χ4n) is 1.78. The molecule has 0 bridgehead atoms. The van der Waals surface area contributed by atoms with E-state index in [0.29, 0.717) is 23.6 Å². The van der Waals surface area contributed by atoms with E-state index in [9.17, 15) is 4.21 Å². The van der Waals surface area contributed by atoms with Crippen molar-refractivity contribution in [2.45, 2.75) is 12.8 Å². The predicted molar refractivity (Wildman–Crippen MR) is 82.0 cm³/mol. The summed E-state index contributed by atoms with van der Waals surface area (Å²) in [4.78, 5) is 0. The Bertz CT molecular complexity index is 506. The maximum absolute atomic E-state index is 11.4. The lowest BCUT2D eigenvalue weighted by molar-refractivity contribution is 0.309. The Labute approximate surface area is 119 Å². The number of benzene rings is 1. The molecule has 0 aromatic heterocycles. The average Bonchev–Trinajstić information content (AvgIpc) is 2.37. The van der Waals surface area contributed by atoms with E-state index in [0.717, 1.165) is 18.6 Å². The molecule has 104 valence electrons. The Kier molecular flexibility index (Phi) is 5.09. The number of thioether (sulfide) groups is 1. The first-order chi connectivity index (χ1) is 9.22. The quantitative estimate of drug-likeness (QED) is 0.787. The van der Waals surface area contributed by atoms with Gasteiger partial charge in [-0.15, -0.1) is 0 Å². The van der Waals surface area contributed by atoms with Gasteiger partial charge >= 0.3 is 0 Å². The van der Waals surface area contributed by atoms with Crippen molar-refractivity contribution in [2.24, 2.45) is 10.1 Å². The smallest absolute Gasteiger partial charge is 0.245 e. The first-order valence-electron chi connectivity index (χ1n) is 6.00. The number of fused-ring (bicyclic) bond motifs is 1. The van der Waals surface area contributed by atoms with Gasteiger partial charge in [-0.3, -0.25) is 4.72 Å². The van der Waals surface area contributed by atoms with Crippen LogP contribution in [-0.2, 0) is 11.2 Å². The van der Waals surface area contributed by atoms with E-state index in [1.165, 1.54) is 0 Å². The van der Waals surface area contributed by atoms with Crippen molar-refractivity contribution in [3.63, 3.8) is 0 Å². The summed E-state index contributed by atoms with van der Waals surface area (Å²) in [6, 6.07) is 5.51. The molecule has 7 heteroatoms. The Morgan fingerprint density at radius 2 is 2.32 bits per heavy atom. The Balaban J connectivity index is 2.05. The second-order valence-corrected chi connectivity index (χ2v) is 5.93. The molecule has 5 nitrogen and oxygen atoms in total. The van der Waals surface area contributed by atoms with Gasteiger partial charge in [0, 0.05) is 0 Å². The van der Waals surface area contributed by atoms with Gasteiger partial charge in [-0.05, 0) is 37.0 Å². The topological polar surface area (TPSA) is 76.7 Å². The van der Waals surface area contributed by atoms with Crippen molar-refractivity contribution < 1.29 is 8.95 Å². The molecule has 0 spiro atoms. The number of anilines is 1. The van der Waals surface area contributed by atoms with Crippen molar-refractivity contribution in [2.75, 3.05) is 23.3 Å². The van der Waals surface area contributed by atoms with E-state index in [-0.39, 0.29) is 5.84 Å². The highest BCUT2D eigenvalue weighted by molar-refractivity contribution is 7.98. The molecule has 1 aromatic carbocycles. The molecule has 2 rings (SSSR count). The molecule has 0 aliphatic carbocycles. The number of ether oxygens (including phenoxy) is 1. The van der Waals surface area contributed by atoms with Crippen LogP contribution in [-0.4, -0.2) is 28.7 Å². The molecule has 0 amide bonds. The van der Waals surface area contributed by atoms with Gasteiger partial charge in [0.15, 0.2) is 0 Å². The summed E-state index contributed by atoms with van der Waals surface area (Å²) in [5.41, 5.74) is 7.23. The van der Waals surface area contributed by atoms with Crippen LogP contribution >= 0.6 is 11.8 Å². The summed E-state index contributed by atoms with van der Waals surface area (Å²) >= 11 is 0.338. The van der Waals surface area contributed by atoms with Crippen LogP contribution in [0.5, 0.6) is 5.75 Å². The second kappa shape index (κ2) is 6.81. The van der Waals surface area contributed by atoms with Crippen LogP contribution in [0.4, 0.5) is 5.69 Å². The zero-order valence-electron chi connectivity index (χ0n) is 10.7. The normalized spacial score (nSPS) is 17.3. The number of nitrogens with two attached hydrogens (primary N) is 1. The number of hydrogen-bond acceptors (Lipinski definition) is 4. The van der Waals surface area contributed by atoms with Crippen molar-refractivity contribution >= 4 is 34.5 Å². The third-order valence-corrected chi connectivity index (χ3v) is 4.12. The largest absolute Gasteiger partial charge is 0.493 e. The van der Waals surface area contributed by atoms with Gasteiger partial charge in [-0.1, -0.05) is 6.07 Å². The molecule has 3 N–H and O–H groups in total. The molecule has 0 radical (unpaired) electrons. The maximum Gasteiger partial charge on any atom is 0.245 e. The van der Waals surface area contributed by atoms with Gasteiger partial charge < -0.3 is 10.5 Å². The fourth-order valence-corrected chi connectivity index (χ4v) is 2.95. The monoisotopic (exact) mass is 299 g/mol. The molecule has 1 aromatic rings. The van der Waals surface area contributed by atoms with Crippen LogP contribution in [0.3, 0.4) is 0 Å². The molecule has 1 atom stereocenters. The zero-order chi connectivity index (χ0) is 13.7. The Morgan fingerprint density at radius 1 is 1.47 bits per heavy atom. The van der Waals surface area contributed by atoms with Crippen molar-refractivity contribution in [3.8, 4) is 5.75 Å². The number of nitrogens with zero attached hydrogens (tertiary/aromatic N) is 1. The summed E-state index contributed by atoms with van der Waals surface area (Å²) < 4.78 is 23.7. The van der Waals surface area contributed by atoms with E-state index in [2.05, 4.69) is 15.4 Å². The molecule has 19 heavy (non-hydrogen) atoms. The van der Waals surface area contributed by atoms with Gasteiger partial charge in [-0.25, -0.2) is 4.21 Å². The minimum Gasteiger partial charge on any atom is -0.493 e. The number of amidine groups is 1. The first kappa shape index (κ1) is 14.2. The van der Waals surface area contributed by atoms with Crippen molar-refractivity contribution in [1.82, 2.24) is 0 Å². The maximum atomic E-state index is 11.4. The van der Waals surface area contributed by atoms with Gasteiger partial charge in [-0.2, -0.15) is 16.2 Å². The molecule has 1 heterocycles. The third kappa shape index (κ3) is 3.63. The molecule has 1 unspecified atom stereocenters. The number of hydrogen-bond donors (Lipinski definition) is 2.